The van der Waals surface area contributed by atoms with Crippen molar-refractivity contribution in [2.75, 3.05) is 10.6 Å². The van der Waals surface area contributed by atoms with Crippen LogP contribution in [0.5, 0.6) is 5.75 Å². The molecule has 0 aliphatic rings. The second-order valence-corrected chi connectivity index (χ2v) is 5.74. The molecule has 2 aromatic rings. The van der Waals surface area contributed by atoms with Crippen LogP contribution >= 0.6 is 0 Å². The van der Waals surface area contributed by atoms with E-state index in [4.69, 9.17) is 5.26 Å². The molecule has 0 aliphatic carbocycles. The molecule has 2 rings (SSSR count). The Kier molecular flexibility index (Phi) is 3.91. The van der Waals surface area contributed by atoms with Gasteiger partial charge >= 0.3 is 0 Å². The number of hydrogen-bond donors (Lipinski definition) is 3. The number of phenolic OH excluding ortho intramolecular Hbond substituents is 1. The van der Waals surface area contributed by atoms with Gasteiger partial charge in [-0.25, -0.2) is 0 Å². The zero-order valence-corrected chi connectivity index (χ0v) is 12.7. The van der Waals surface area contributed by atoms with Crippen LogP contribution in [-0.2, 0) is 0 Å². The van der Waals surface area contributed by atoms with E-state index in [0.29, 0.717) is 5.56 Å². The predicted molar refractivity (Wildman–Crippen MR) is 85.5 cm³/mol. The maximum absolute atomic E-state index is 11.7. The molecule has 114 valence electrons. The van der Waals surface area contributed by atoms with E-state index in [1.807, 2.05) is 26.8 Å². The Balaban J connectivity index is 2.32. The van der Waals surface area contributed by atoms with Crippen LogP contribution in [-0.4, -0.2) is 10.6 Å². The first-order valence-corrected chi connectivity index (χ1v) is 6.90. The summed E-state index contributed by atoms with van der Waals surface area (Å²) < 4.78 is 0. The van der Waals surface area contributed by atoms with Gasteiger partial charge in [0.2, 0.25) is 0 Å². The van der Waals surface area contributed by atoms with Gasteiger partial charge in [-0.15, -0.1) is 0 Å². The third-order valence-electron chi connectivity index (χ3n) is 3.64. The van der Waals surface area contributed by atoms with Gasteiger partial charge in [-0.1, -0.05) is 6.92 Å². The highest BCUT2D eigenvalue weighted by atomic mass is 16.3. The van der Waals surface area contributed by atoms with Crippen molar-refractivity contribution in [1.29, 1.82) is 5.26 Å². The molecule has 0 aliphatic heterocycles. The lowest BCUT2D eigenvalue weighted by molar-refractivity contribution is 0.477. The summed E-state index contributed by atoms with van der Waals surface area (Å²) in [6.07, 6.45) is 0.771. The van der Waals surface area contributed by atoms with Crippen molar-refractivity contribution >= 4 is 17.1 Å². The number of nitriles is 1. The Labute approximate surface area is 127 Å². The molecule has 22 heavy (non-hydrogen) atoms. The molecule has 3 N–H and O–H groups in total. The maximum Gasteiger partial charge on any atom is 0.253 e. The first-order chi connectivity index (χ1) is 10.3. The van der Waals surface area contributed by atoms with Crippen molar-refractivity contribution in [3.8, 4) is 11.8 Å². The molecular formula is C16H17N3O3. The molecule has 0 aromatic heterocycles. The van der Waals surface area contributed by atoms with Gasteiger partial charge in [0, 0.05) is 5.54 Å². The third-order valence-corrected chi connectivity index (χ3v) is 3.64. The van der Waals surface area contributed by atoms with Crippen LogP contribution in [0.2, 0.25) is 0 Å². The van der Waals surface area contributed by atoms with Crippen molar-refractivity contribution < 1.29 is 5.11 Å². The van der Waals surface area contributed by atoms with Crippen LogP contribution in [0.3, 0.4) is 0 Å². The molecule has 0 saturated carbocycles. The van der Waals surface area contributed by atoms with Crippen molar-refractivity contribution in [2.45, 2.75) is 32.7 Å². The van der Waals surface area contributed by atoms with Crippen LogP contribution in [0.15, 0.2) is 27.8 Å². The molecule has 0 bridgehead atoms. The lowest BCUT2D eigenvalue weighted by atomic mass is 10.00. The lowest BCUT2D eigenvalue weighted by Gasteiger charge is -2.28. The topological polar surface area (TPSA) is 102 Å². The van der Waals surface area contributed by atoms with Crippen LogP contribution in [0.25, 0.3) is 0 Å². The highest BCUT2D eigenvalue weighted by Crippen LogP contribution is 2.30. The first-order valence-electron chi connectivity index (χ1n) is 6.90. The molecule has 0 saturated heterocycles. The highest BCUT2D eigenvalue weighted by Gasteiger charge is 2.26. The van der Waals surface area contributed by atoms with Gasteiger partial charge in [0.05, 0.1) is 17.3 Å². The van der Waals surface area contributed by atoms with E-state index >= 15 is 0 Å². The highest BCUT2D eigenvalue weighted by molar-refractivity contribution is 5.81. The van der Waals surface area contributed by atoms with E-state index in [9.17, 15) is 14.7 Å². The number of nitrogens with zero attached hydrogens (tertiary/aromatic N) is 1. The minimum atomic E-state index is -0.627. The van der Waals surface area contributed by atoms with E-state index in [1.165, 1.54) is 18.2 Å². The Morgan fingerprint density at radius 3 is 2.41 bits per heavy atom. The van der Waals surface area contributed by atoms with Crippen LogP contribution in [0, 0.1) is 11.3 Å². The molecule has 6 nitrogen and oxygen atoms in total. The third kappa shape index (κ3) is 2.79. The fourth-order valence-electron chi connectivity index (χ4n) is 1.90. The fraction of sp³-hybridized carbons (Fsp3) is 0.312. The van der Waals surface area contributed by atoms with Crippen LogP contribution in [0.1, 0.15) is 32.8 Å². The average Bonchev–Trinajstić information content (AvgIpc) is 2.51. The largest absolute Gasteiger partial charge is 0.506 e. The monoisotopic (exact) mass is 299 g/mol. The zero-order chi connectivity index (χ0) is 16.5. The van der Waals surface area contributed by atoms with Gasteiger partial charge in [0.25, 0.3) is 10.9 Å². The molecule has 0 fully saturated rings. The van der Waals surface area contributed by atoms with Gasteiger partial charge in [0.1, 0.15) is 17.1 Å². The van der Waals surface area contributed by atoms with Crippen LogP contribution in [0.4, 0.5) is 17.1 Å². The lowest BCUT2D eigenvalue weighted by Crippen LogP contribution is -2.42. The van der Waals surface area contributed by atoms with Crippen molar-refractivity contribution in [1.82, 2.24) is 0 Å². The standard InChI is InChI=1S/C16H17N3O3/c1-4-16(2,3)19-13-12(14(21)15(13)22)18-10-6-5-9(8-17)7-11(10)20/h5-7,18-20H,4H2,1-3H3. The zero-order valence-electron chi connectivity index (χ0n) is 12.7. The van der Waals surface area contributed by atoms with Crippen molar-refractivity contribution in [3.05, 3.63) is 44.2 Å². The van der Waals surface area contributed by atoms with Gasteiger partial charge in [0.15, 0.2) is 0 Å². The number of benzene rings is 1. The maximum atomic E-state index is 11.7. The van der Waals surface area contributed by atoms with E-state index < -0.39 is 10.9 Å². The van der Waals surface area contributed by atoms with Crippen molar-refractivity contribution in [2.24, 2.45) is 0 Å². The average molecular weight is 299 g/mol. The summed E-state index contributed by atoms with van der Waals surface area (Å²) in [6.45, 7) is 5.82. The van der Waals surface area contributed by atoms with Gasteiger partial charge < -0.3 is 15.7 Å². The first kappa shape index (κ1) is 15.6. The molecule has 0 unspecified atom stereocenters. The quantitative estimate of drug-likeness (QED) is 0.578. The molecule has 0 atom stereocenters. The van der Waals surface area contributed by atoms with Gasteiger partial charge in [-0.3, -0.25) is 9.59 Å². The van der Waals surface area contributed by atoms with E-state index in [2.05, 4.69) is 10.6 Å². The molecule has 0 spiro atoms. The smallest absolute Gasteiger partial charge is 0.253 e. The Hall–Kier alpha value is -2.81. The Morgan fingerprint density at radius 2 is 1.86 bits per heavy atom. The van der Waals surface area contributed by atoms with Gasteiger partial charge in [-0.05, 0) is 38.5 Å². The minimum Gasteiger partial charge on any atom is -0.506 e. The van der Waals surface area contributed by atoms with Crippen molar-refractivity contribution in [3.63, 3.8) is 0 Å². The summed E-state index contributed by atoms with van der Waals surface area (Å²) >= 11 is 0. The number of aromatic hydroxyl groups is 1. The molecule has 0 radical (unpaired) electrons. The number of nitrogens with one attached hydrogen (secondary N) is 2. The summed E-state index contributed by atoms with van der Waals surface area (Å²) in [6, 6.07) is 6.19. The predicted octanol–water partition coefficient (Wildman–Crippen LogP) is 2.20. The van der Waals surface area contributed by atoms with Gasteiger partial charge in [-0.2, -0.15) is 5.26 Å². The van der Waals surface area contributed by atoms with E-state index in [1.54, 1.807) is 0 Å². The van der Waals surface area contributed by atoms with E-state index in [-0.39, 0.29) is 28.4 Å². The minimum absolute atomic E-state index is 0.131. The SMILES string of the molecule is CCC(C)(C)Nc1c(Nc2ccc(C#N)cc2O)c(=O)c1=O. The molecule has 0 amide bonds. The molecule has 0 heterocycles. The van der Waals surface area contributed by atoms with E-state index in [0.717, 1.165) is 6.42 Å². The number of anilines is 3. The van der Waals surface area contributed by atoms with Crippen LogP contribution < -0.4 is 21.5 Å². The summed E-state index contributed by atoms with van der Waals surface area (Å²) in [7, 11) is 0. The Morgan fingerprint density at radius 1 is 1.23 bits per heavy atom. The number of rotatable bonds is 5. The number of phenols is 1. The normalized spacial score (nSPS) is 11.2. The summed E-state index contributed by atoms with van der Waals surface area (Å²) in [5.41, 5.74) is -0.602. The summed E-state index contributed by atoms with van der Waals surface area (Å²) in [4.78, 5) is 23.5. The second-order valence-electron chi connectivity index (χ2n) is 5.74. The molecule has 2 aromatic carbocycles. The summed E-state index contributed by atoms with van der Waals surface area (Å²) in [5, 5.41) is 24.4. The summed E-state index contributed by atoms with van der Waals surface area (Å²) in [5.74, 6) is -0.159. The molecular weight excluding hydrogens is 282 g/mol. The Bertz CT molecular complexity index is 824. The molecule has 6 heteroatoms. The second kappa shape index (κ2) is 5.53. The number of hydrogen-bond acceptors (Lipinski definition) is 6. The fourth-order valence-corrected chi connectivity index (χ4v) is 1.90.